The number of nitrogens with one attached hydrogen (secondary N) is 1. The summed E-state index contributed by atoms with van der Waals surface area (Å²) >= 11 is 0. The van der Waals surface area contributed by atoms with Gasteiger partial charge >= 0.3 is 12.1 Å². The van der Waals surface area contributed by atoms with Crippen LogP contribution in [0.3, 0.4) is 0 Å². The van der Waals surface area contributed by atoms with Crippen LogP contribution < -0.4 is 5.32 Å². The molecule has 0 aromatic heterocycles. The first-order valence-corrected chi connectivity index (χ1v) is 21.3. The van der Waals surface area contributed by atoms with E-state index in [0.29, 0.717) is 12.8 Å². The van der Waals surface area contributed by atoms with Crippen LogP contribution in [0.15, 0.2) is 72.8 Å². The van der Waals surface area contributed by atoms with Crippen molar-refractivity contribution in [1.82, 2.24) is 5.32 Å². The summed E-state index contributed by atoms with van der Waals surface area (Å²) in [4.78, 5) is 11.6. The summed E-state index contributed by atoms with van der Waals surface area (Å²) in [5.41, 5.74) is 15.0. The average Bonchev–Trinajstić information content (AvgIpc) is 3.56. The van der Waals surface area contributed by atoms with Gasteiger partial charge in [-0.3, -0.25) is 4.79 Å². The van der Waals surface area contributed by atoms with Gasteiger partial charge in [-0.15, -0.1) is 0 Å². The van der Waals surface area contributed by atoms with Gasteiger partial charge in [-0.1, -0.05) is 170 Å². The molecule has 1 unspecified atom stereocenters. The van der Waals surface area contributed by atoms with E-state index in [2.05, 4.69) is 113 Å². The van der Waals surface area contributed by atoms with E-state index in [1.165, 1.54) is 151 Å². The minimum atomic E-state index is -4.88. The number of halogens is 3. The number of alkyl halides is 3. The number of carbonyl (C=O) groups is 1. The Morgan fingerprint density at radius 1 is 0.545 bits per heavy atom. The van der Waals surface area contributed by atoms with Gasteiger partial charge in [0.1, 0.15) is 0 Å². The maximum absolute atomic E-state index is 12.9. The Morgan fingerprint density at radius 2 is 0.964 bits per heavy atom. The average molecular weight is 750 g/mol. The number of unbranched alkanes of at least 4 members (excludes halogenated alkanes) is 10. The lowest BCUT2D eigenvalue weighted by Gasteiger charge is -2.33. The van der Waals surface area contributed by atoms with Crippen LogP contribution in [0.4, 0.5) is 13.2 Å². The van der Waals surface area contributed by atoms with Gasteiger partial charge in [-0.25, -0.2) is 0 Å². The highest BCUT2D eigenvalue weighted by atomic mass is 19.4. The predicted molar refractivity (Wildman–Crippen MR) is 224 cm³/mol. The van der Waals surface area contributed by atoms with E-state index in [1.54, 1.807) is 0 Å². The number of fused-ring (bicyclic) bond motifs is 6. The zero-order chi connectivity index (χ0) is 39.2. The van der Waals surface area contributed by atoms with Crippen LogP contribution in [0.25, 0.3) is 33.4 Å². The van der Waals surface area contributed by atoms with Crippen molar-refractivity contribution >= 4 is 5.91 Å². The molecule has 294 valence electrons. The van der Waals surface area contributed by atoms with Gasteiger partial charge in [0.2, 0.25) is 0 Å². The molecule has 1 N–H and O–H groups in total. The van der Waals surface area contributed by atoms with Crippen LogP contribution in [0.2, 0.25) is 0 Å². The molecule has 4 aromatic rings. The fourth-order valence-corrected chi connectivity index (χ4v) is 9.79. The van der Waals surface area contributed by atoms with Crippen molar-refractivity contribution in [1.29, 1.82) is 0 Å². The van der Waals surface area contributed by atoms with Gasteiger partial charge in [0, 0.05) is 17.4 Å². The molecule has 2 aliphatic carbocycles. The zero-order valence-electron chi connectivity index (χ0n) is 34.0. The van der Waals surface area contributed by atoms with E-state index in [9.17, 15) is 18.0 Å². The normalized spacial score (nSPS) is 16.4. The molecule has 0 saturated carbocycles. The molecule has 5 heteroatoms. The van der Waals surface area contributed by atoms with E-state index in [4.69, 9.17) is 0 Å². The molecule has 0 fully saturated rings. The van der Waals surface area contributed by atoms with Crippen molar-refractivity contribution < 1.29 is 18.0 Å². The van der Waals surface area contributed by atoms with E-state index >= 15 is 0 Å². The molecule has 4 aromatic carbocycles. The molecule has 0 radical (unpaired) electrons. The SMILES string of the molecule is CCCCCCCCC1(CCCCCCCC)c2cc(C)ccc2-c2ccc(-c3ccc4c(c3)C(C)(CCCNC(=O)C(F)(F)F)c3cc(C)ccc3-4)cc21. The molecule has 1 amide bonds. The van der Waals surface area contributed by atoms with E-state index < -0.39 is 17.5 Å². The molecular formula is C50H62F3NO. The van der Waals surface area contributed by atoms with Gasteiger partial charge in [-0.05, 0) is 107 Å². The molecule has 6 rings (SSSR count). The first-order chi connectivity index (χ1) is 26.4. The Hall–Kier alpha value is -3.86. The molecule has 55 heavy (non-hydrogen) atoms. The molecule has 2 nitrogen and oxygen atoms in total. The molecule has 2 aliphatic rings. The van der Waals surface area contributed by atoms with Gasteiger partial charge in [0.05, 0.1) is 0 Å². The number of hydrogen-bond donors (Lipinski definition) is 1. The molecule has 0 heterocycles. The third-order valence-corrected chi connectivity index (χ3v) is 12.8. The van der Waals surface area contributed by atoms with Crippen LogP contribution in [0.1, 0.15) is 157 Å². The quantitative estimate of drug-likeness (QED) is 0.0951. The summed E-state index contributed by atoms with van der Waals surface area (Å²) in [6, 6.07) is 27.7. The van der Waals surface area contributed by atoms with Crippen molar-refractivity contribution in [3.63, 3.8) is 0 Å². The van der Waals surface area contributed by atoms with Crippen molar-refractivity contribution in [2.75, 3.05) is 6.54 Å². The number of hydrogen-bond acceptors (Lipinski definition) is 1. The van der Waals surface area contributed by atoms with Gasteiger partial charge in [0.15, 0.2) is 0 Å². The standard InChI is InChI=1S/C50H62F3NO/c1-6-8-10-12-14-16-28-49(29-17-15-13-11-9-7-2)45-32-36(4)20-24-41(45)42-26-22-38(34-46(42)49)37-21-25-40-39-23-19-35(3)31-43(39)48(5,44(40)33-37)27-18-30-54-47(55)50(51,52)53/h19-26,31-34H,6-18,27-30H2,1-5H3,(H,54,55). The number of amides is 1. The van der Waals surface area contributed by atoms with Gasteiger partial charge < -0.3 is 5.32 Å². The molecular weight excluding hydrogens is 688 g/mol. The number of rotatable bonds is 19. The van der Waals surface area contributed by atoms with E-state index in [-0.39, 0.29) is 12.0 Å². The second-order valence-electron chi connectivity index (χ2n) is 16.9. The van der Waals surface area contributed by atoms with Gasteiger partial charge in [-0.2, -0.15) is 13.2 Å². The third-order valence-electron chi connectivity index (χ3n) is 12.8. The fourth-order valence-electron chi connectivity index (χ4n) is 9.79. The largest absolute Gasteiger partial charge is 0.471 e. The van der Waals surface area contributed by atoms with Gasteiger partial charge in [0.25, 0.3) is 0 Å². The van der Waals surface area contributed by atoms with E-state index in [0.717, 1.165) is 5.56 Å². The lowest BCUT2D eigenvalue weighted by atomic mass is 9.70. The second kappa shape index (κ2) is 17.5. The van der Waals surface area contributed by atoms with E-state index in [1.807, 2.05) is 0 Å². The van der Waals surface area contributed by atoms with Crippen molar-refractivity contribution in [2.45, 2.75) is 154 Å². The number of benzene rings is 4. The summed E-state index contributed by atoms with van der Waals surface area (Å²) in [7, 11) is 0. The highest BCUT2D eigenvalue weighted by molar-refractivity contribution is 5.87. The predicted octanol–water partition coefficient (Wildman–Crippen LogP) is 14.5. The lowest BCUT2D eigenvalue weighted by molar-refractivity contribution is -0.173. The molecule has 0 bridgehead atoms. The molecule has 0 spiro atoms. The fraction of sp³-hybridized carbons (Fsp3) is 0.500. The van der Waals surface area contributed by atoms with Crippen LogP contribution >= 0.6 is 0 Å². The minimum absolute atomic E-state index is 0.0118. The molecule has 0 aliphatic heterocycles. The van der Waals surface area contributed by atoms with Crippen LogP contribution in [-0.2, 0) is 15.6 Å². The second-order valence-corrected chi connectivity index (χ2v) is 16.9. The molecule has 1 atom stereocenters. The summed E-state index contributed by atoms with van der Waals surface area (Å²) < 4.78 is 38.8. The zero-order valence-corrected chi connectivity index (χ0v) is 34.0. The van der Waals surface area contributed by atoms with Crippen LogP contribution in [-0.4, -0.2) is 18.6 Å². The summed E-state index contributed by atoms with van der Waals surface area (Å²) in [6.07, 6.45) is 13.9. The monoisotopic (exact) mass is 749 g/mol. The minimum Gasteiger partial charge on any atom is -0.348 e. The number of aryl methyl sites for hydroxylation is 2. The highest BCUT2D eigenvalue weighted by Crippen LogP contribution is 2.56. The Bertz CT molecular complexity index is 1940. The topological polar surface area (TPSA) is 29.1 Å². The first-order valence-electron chi connectivity index (χ1n) is 21.3. The van der Waals surface area contributed by atoms with Crippen LogP contribution in [0.5, 0.6) is 0 Å². The lowest BCUT2D eigenvalue weighted by Crippen LogP contribution is -2.37. The Balaban J connectivity index is 1.36. The summed E-state index contributed by atoms with van der Waals surface area (Å²) in [5, 5.41) is 2.09. The maximum Gasteiger partial charge on any atom is 0.471 e. The highest BCUT2D eigenvalue weighted by Gasteiger charge is 2.43. The van der Waals surface area contributed by atoms with Crippen molar-refractivity contribution in [3.05, 3.63) is 106 Å². The summed E-state index contributed by atoms with van der Waals surface area (Å²) in [5.74, 6) is -1.87. The van der Waals surface area contributed by atoms with Crippen molar-refractivity contribution in [3.8, 4) is 33.4 Å². The Kier molecular flexibility index (Phi) is 13.0. The van der Waals surface area contributed by atoms with Crippen LogP contribution in [0, 0.1) is 13.8 Å². The smallest absolute Gasteiger partial charge is 0.348 e. The third kappa shape index (κ3) is 8.61. The number of carbonyl (C=O) groups excluding carboxylic acids is 1. The molecule has 0 saturated heterocycles. The Labute approximate surface area is 328 Å². The first kappa shape index (κ1) is 40.8. The Morgan fingerprint density at radius 3 is 1.49 bits per heavy atom. The van der Waals surface area contributed by atoms with Crippen molar-refractivity contribution in [2.24, 2.45) is 0 Å². The summed E-state index contributed by atoms with van der Waals surface area (Å²) in [6.45, 7) is 11.1. The maximum atomic E-state index is 12.9.